The Labute approximate surface area is 201 Å². The highest BCUT2D eigenvalue weighted by atomic mass is 16.6. The first-order valence-corrected chi connectivity index (χ1v) is 10.7. The molecule has 0 unspecified atom stereocenters. The molecule has 180 valence electrons. The van der Waals surface area contributed by atoms with Crippen LogP contribution in [0.3, 0.4) is 0 Å². The number of anilines is 1. The zero-order valence-electron chi connectivity index (χ0n) is 19.5. The van der Waals surface area contributed by atoms with Crippen LogP contribution in [-0.4, -0.2) is 37.5 Å². The summed E-state index contributed by atoms with van der Waals surface area (Å²) in [6, 6.07) is 15.3. The van der Waals surface area contributed by atoms with Crippen LogP contribution < -0.4 is 14.8 Å². The first kappa shape index (κ1) is 23.5. The van der Waals surface area contributed by atoms with Crippen LogP contribution in [0.2, 0.25) is 0 Å². The van der Waals surface area contributed by atoms with Gasteiger partial charge in [-0.25, -0.2) is 4.68 Å². The van der Waals surface area contributed by atoms with Crippen molar-refractivity contribution in [3.05, 3.63) is 93.6 Å². The van der Waals surface area contributed by atoms with E-state index < -0.39 is 10.8 Å². The van der Waals surface area contributed by atoms with E-state index in [9.17, 15) is 14.9 Å². The smallest absolute Gasteiger partial charge is 0.311 e. The van der Waals surface area contributed by atoms with Crippen molar-refractivity contribution >= 4 is 17.3 Å². The second-order valence-electron chi connectivity index (χ2n) is 7.75. The summed E-state index contributed by atoms with van der Waals surface area (Å²) in [4.78, 5) is 23.4. The van der Waals surface area contributed by atoms with E-state index in [1.807, 2.05) is 42.8 Å². The minimum Gasteiger partial charge on any atom is -0.497 e. The largest absolute Gasteiger partial charge is 0.497 e. The number of nitro benzene ring substituents is 1. The molecule has 1 amide bonds. The van der Waals surface area contributed by atoms with E-state index in [0.717, 1.165) is 17.0 Å². The number of methoxy groups -OCH3 is 1. The average Bonchev–Trinajstić information content (AvgIpc) is 3.43. The van der Waals surface area contributed by atoms with Gasteiger partial charge in [0, 0.05) is 12.3 Å². The Morgan fingerprint density at radius 1 is 1.11 bits per heavy atom. The standard InChI is InChI=1S/C24H24N6O5/c1-16-23(17(2)29(26-16)14-18-7-6-8-19(13-18)34-3)25-24(31)20-11-12-28(27-20)15-35-22-10-5-4-9-21(22)30(32)33/h4-13H,14-15H2,1-3H3,(H,25,31). The van der Waals surface area contributed by atoms with Gasteiger partial charge in [0.1, 0.15) is 5.75 Å². The molecule has 0 saturated carbocycles. The number of rotatable bonds is 9. The Balaban J connectivity index is 1.43. The second-order valence-corrected chi connectivity index (χ2v) is 7.75. The molecule has 1 N–H and O–H groups in total. The number of carbonyl (C=O) groups is 1. The molecule has 11 heteroatoms. The second kappa shape index (κ2) is 10.1. The molecule has 4 rings (SSSR count). The summed E-state index contributed by atoms with van der Waals surface area (Å²) in [7, 11) is 1.62. The van der Waals surface area contributed by atoms with E-state index in [2.05, 4.69) is 15.5 Å². The minimum atomic E-state index is -0.517. The molecule has 35 heavy (non-hydrogen) atoms. The lowest BCUT2D eigenvalue weighted by Gasteiger charge is -2.08. The van der Waals surface area contributed by atoms with Gasteiger partial charge < -0.3 is 14.8 Å². The van der Waals surface area contributed by atoms with Crippen LogP contribution in [0.1, 0.15) is 27.4 Å². The highest BCUT2D eigenvalue weighted by molar-refractivity contribution is 6.03. The minimum absolute atomic E-state index is 0.0886. The molecule has 2 heterocycles. The quantitative estimate of drug-likeness (QED) is 0.286. The molecule has 0 atom stereocenters. The lowest BCUT2D eigenvalue weighted by atomic mass is 10.2. The monoisotopic (exact) mass is 476 g/mol. The number of ether oxygens (including phenoxy) is 2. The Kier molecular flexibility index (Phi) is 6.76. The summed E-state index contributed by atoms with van der Waals surface area (Å²) in [5.74, 6) is 0.481. The van der Waals surface area contributed by atoms with E-state index in [1.165, 1.54) is 16.8 Å². The molecule has 2 aromatic heterocycles. The Bertz CT molecular complexity index is 1380. The number of nitrogens with one attached hydrogen (secondary N) is 1. The Morgan fingerprint density at radius 3 is 2.69 bits per heavy atom. The number of carbonyl (C=O) groups excluding carboxylic acids is 1. The van der Waals surface area contributed by atoms with Crippen LogP contribution in [0.25, 0.3) is 0 Å². The normalized spacial score (nSPS) is 10.7. The van der Waals surface area contributed by atoms with E-state index >= 15 is 0 Å². The van der Waals surface area contributed by atoms with Gasteiger partial charge in [-0.15, -0.1) is 0 Å². The van der Waals surface area contributed by atoms with Crippen LogP contribution >= 0.6 is 0 Å². The number of para-hydroxylation sites is 2. The lowest BCUT2D eigenvalue weighted by Crippen LogP contribution is -2.15. The molecule has 0 spiro atoms. The molecular formula is C24H24N6O5. The highest BCUT2D eigenvalue weighted by Gasteiger charge is 2.18. The fourth-order valence-corrected chi connectivity index (χ4v) is 3.57. The fraction of sp³-hybridized carbons (Fsp3) is 0.208. The average molecular weight is 476 g/mol. The van der Waals surface area contributed by atoms with Crippen LogP contribution in [-0.2, 0) is 13.3 Å². The summed E-state index contributed by atoms with van der Waals surface area (Å²) in [6.07, 6.45) is 1.57. The van der Waals surface area contributed by atoms with Gasteiger partial charge in [-0.2, -0.15) is 10.2 Å². The number of benzene rings is 2. The van der Waals surface area contributed by atoms with E-state index in [0.29, 0.717) is 17.9 Å². The molecule has 4 aromatic rings. The zero-order chi connectivity index (χ0) is 24.9. The SMILES string of the molecule is COc1cccc(Cn2nc(C)c(NC(=O)c3ccn(COc4ccccc4[N+](=O)[O-])n3)c2C)c1. The van der Waals surface area contributed by atoms with Gasteiger partial charge in [0.05, 0.1) is 35.7 Å². The van der Waals surface area contributed by atoms with Gasteiger partial charge >= 0.3 is 5.69 Å². The van der Waals surface area contributed by atoms with Gasteiger partial charge in [-0.1, -0.05) is 24.3 Å². The summed E-state index contributed by atoms with van der Waals surface area (Å²) in [6.45, 7) is 4.14. The van der Waals surface area contributed by atoms with Gasteiger partial charge in [-0.3, -0.25) is 19.6 Å². The maximum Gasteiger partial charge on any atom is 0.311 e. The van der Waals surface area contributed by atoms with Crippen molar-refractivity contribution in [3.8, 4) is 11.5 Å². The maximum atomic E-state index is 12.8. The molecule has 11 nitrogen and oxygen atoms in total. The van der Waals surface area contributed by atoms with Crippen molar-refractivity contribution in [1.29, 1.82) is 0 Å². The first-order chi connectivity index (χ1) is 16.9. The maximum absolute atomic E-state index is 12.8. The predicted molar refractivity (Wildman–Crippen MR) is 128 cm³/mol. The summed E-state index contributed by atoms with van der Waals surface area (Å²) in [5.41, 5.74) is 3.15. The molecule has 0 radical (unpaired) electrons. The molecule has 2 aromatic carbocycles. The lowest BCUT2D eigenvalue weighted by molar-refractivity contribution is -0.386. The zero-order valence-corrected chi connectivity index (χ0v) is 19.5. The third-order valence-corrected chi connectivity index (χ3v) is 5.37. The fourth-order valence-electron chi connectivity index (χ4n) is 3.57. The molecule has 0 aliphatic carbocycles. The predicted octanol–water partition coefficient (Wildman–Crippen LogP) is 3.95. The third kappa shape index (κ3) is 5.29. The van der Waals surface area contributed by atoms with Gasteiger partial charge in [0.2, 0.25) is 0 Å². The number of aromatic nitrogens is 4. The van der Waals surface area contributed by atoms with Gasteiger partial charge in [0.15, 0.2) is 18.2 Å². The molecule has 0 aliphatic heterocycles. The van der Waals surface area contributed by atoms with Gasteiger partial charge in [0.25, 0.3) is 5.91 Å². The number of hydrogen-bond acceptors (Lipinski definition) is 7. The molecule has 0 bridgehead atoms. The first-order valence-electron chi connectivity index (χ1n) is 10.7. The number of nitro groups is 1. The number of hydrogen-bond donors (Lipinski definition) is 1. The molecule has 0 fully saturated rings. The van der Waals surface area contributed by atoms with Crippen LogP contribution in [0.4, 0.5) is 11.4 Å². The van der Waals surface area contributed by atoms with Crippen LogP contribution in [0, 0.1) is 24.0 Å². The summed E-state index contributed by atoms with van der Waals surface area (Å²) in [5, 5.41) is 22.8. The third-order valence-electron chi connectivity index (χ3n) is 5.37. The van der Waals surface area contributed by atoms with Crippen LogP contribution in [0.15, 0.2) is 60.8 Å². The molecule has 0 saturated heterocycles. The number of aryl methyl sites for hydroxylation is 1. The summed E-state index contributed by atoms with van der Waals surface area (Å²) >= 11 is 0. The van der Waals surface area contributed by atoms with Crippen molar-refractivity contribution in [3.63, 3.8) is 0 Å². The topological polar surface area (TPSA) is 126 Å². The Morgan fingerprint density at radius 2 is 1.91 bits per heavy atom. The van der Waals surface area contributed by atoms with Crippen molar-refractivity contribution in [2.45, 2.75) is 27.1 Å². The molecular weight excluding hydrogens is 452 g/mol. The van der Waals surface area contributed by atoms with Crippen molar-refractivity contribution < 1.29 is 19.2 Å². The highest BCUT2D eigenvalue weighted by Crippen LogP contribution is 2.26. The van der Waals surface area contributed by atoms with Crippen molar-refractivity contribution in [1.82, 2.24) is 19.6 Å². The van der Waals surface area contributed by atoms with Crippen molar-refractivity contribution in [2.75, 3.05) is 12.4 Å². The van der Waals surface area contributed by atoms with E-state index in [4.69, 9.17) is 9.47 Å². The number of nitrogens with zero attached hydrogens (tertiary/aromatic N) is 5. The van der Waals surface area contributed by atoms with E-state index in [-0.39, 0.29) is 23.9 Å². The Hall–Kier alpha value is -4.67. The van der Waals surface area contributed by atoms with Crippen LogP contribution in [0.5, 0.6) is 11.5 Å². The van der Waals surface area contributed by atoms with Crippen molar-refractivity contribution in [2.24, 2.45) is 0 Å². The van der Waals surface area contributed by atoms with Gasteiger partial charge in [-0.05, 0) is 43.7 Å². The van der Waals surface area contributed by atoms with E-state index in [1.54, 1.807) is 31.5 Å². The number of amides is 1. The summed E-state index contributed by atoms with van der Waals surface area (Å²) < 4.78 is 14.0. The molecule has 0 aliphatic rings.